The number of rotatable bonds is 7. The molecule has 2 aromatic rings. The zero-order valence-corrected chi connectivity index (χ0v) is 18.2. The van der Waals surface area contributed by atoms with Gasteiger partial charge in [-0.05, 0) is 54.3 Å². The quantitative estimate of drug-likeness (QED) is 0.370. The van der Waals surface area contributed by atoms with Gasteiger partial charge in [-0.25, -0.2) is 0 Å². The SMILES string of the molecule is CN=C(NCCc1ccc(OC)cc1)NCc1cc(C)cc(OC)c1.I. The van der Waals surface area contributed by atoms with Gasteiger partial charge >= 0.3 is 0 Å². The lowest BCUT2D eigenvalue weighted by Crippen LogP contribution is -2.37. The number of guanidine groups is 1. The van der Waals surface area contributed by atoms with Crippen molar-refractivity contribution in [2.45, 2.75) is 19.9 Å². The molecule has 0 aliphatic carbocycles. The van der Waals surface area contributed by atoms with Crippen LogP contribution in [0.5, 0.6) is 11.5 Å². The van der Waals surface area contributed by atoms with Crippen molar-refractivity contribution in [1.29, 1.82) is 0 Å². The van der Waals surface area contributed by atoms with E-state index in [1.54, 1.807) is 21.3 Å². The molecule has 26 heavy (non-hydrogen) atoms. The highest BCUT2D eigenvalue weighted by Crippen LogP contribution is 2.16. The molecule has 0 aliphatic rings. The minimum Gasteiger partial charge on any atom is -0.497 e. The van der Waals surface area contributed by atoms with Crippen molar-refractivity contribution < 1.29 is 9.47 Å². The van der Waals surface area contributed by atoms with Crippen molar-refractivity contribution in [2.75, 3.05) is 27.8 Å². The van der Waals surface area contributed by atoms with Crippen LogP contribution in [-0.2, 0) is 13.0 Å². The van der Waals surface area contributed by atoms with Crippen LogP contribution in [0.1, 0.15) is 16.7 Å². The minimum absolute atomic E-state index is 0. The molecule has 2 rings (SSSR count). The summed E-state index contributed by atoms with van der Waals surface area (Å²) in [5.74, 6) is 2.54. The summed E-state index contributed by atoms with van der Waals surface area (Å²) in [4.78, 5) is 4.27. The number of hydrogen-bond donors (Lipinski definition) is 2. The predicted octanol–water partition coefficient (Wildman–Crippen LogP) is 3.54. The fourth-order valence-corrected chi connectivity index (χ4v) is 2.57. The van der Waals surface area contributed by atoms with Gasteiger partial charge in [-0.15, -0.1) is 24.0 Å². The van der Waals surface area contributed by atoms with Crippen LogP contribution >= 0.6 is 24.0 Å². The maximum absolute atomic E-state index is 5.32. The van der Waals surface area contributed by atoms with Gasteiger partial charge in [0.1, 0.15) is 11.5 Å². The second-order valence-electron chi connectivity index (χ2n) is 5.81. The summed E-state index contributed by atoms with van der Waals surface area (Å²) < 4.78 is 10.5. The maximum atomic E-state index is 5.32. The summed E-state index contributed by atoms with van der Waals surface area (Å²) in [6.45, 7) is 3.57. The molecule has 0 heterocycles. The van der Waals surface area contributed by atoms with Crippen molar-refractivity contribution in [3.05, 3.63) is 59.2 Å². The fraction of sp³-hybridized carbons (Fsp3) is 0.350. The third-order valence-electron chi connectivity index (χ3n) is 3.90. The lowest BCUT2D eigenvalue weighted by molar-refractivity contribution is 0.414. The lowest BCUT2D eigenvalue weighted by atomic mass is 10.1. The van der Waals surface area contributed by atoms with Crippen LogP contribution in [-0.4, -0.2) is 33.8 Å². The van der Waals surface area contributed by atoms with Crippen molar-refractivity contribution >= 4 is 29.9 Å². The Bertz CT molecular complexity index is 703. The van der Waals surface area contributed by atoms with Crippen LogP contribution in [0.25, 0.3) is 0 Å². The van der Waals surface area contributed by atoms with Gasteiger partial charge < -0.3 is 20.1 Å². The van der Waals surface area contributed by atoms with Gasteiger partial charge in [0.25, 0.3) is 0 Å². The molecule has 0 fully saturated rings. The van der Waals surface area contributed by atoms with Crippen molar-refractivity contribution in [3.8, 4) is 11.5 Å². The Labute approximate surface area is 173 Å². The highest BCUT2D eigenvalue weighted by molar-refractivity contribution is 14.0. The number of hydrogen-bond acceptors (Lipinski definition) is 3. The number of benzene rings is 2. The Balaban J connectivity index is 0.00000338. The van der Waals surface area contributed by atoms with E-state index in [-0.39, 0.29) is 24.0 Å². The van der Waals surface area contributed by atoms with Crippen LogP contribution in [0.15, 0.2) is 47.5 Å². The number of ether oxygens (including phenoxy) is 2. The van der Waals surface area contributed by atoms with Crippen LogP contribution in [0.3, 0.4) is 0 Å². The van der Waals surface area contributed by atoms with E-state index in [0.717, 1.165) is 36.0 Å². The fourth-order valence-electron chi connectivity index (χ4n) is 2.57. The molecule has 0 atom stereocenters. The molecule has 0 aliphatic heterocycles. The van der Waals surface area contributed by atoms with E-state index >= 15 is 0 Å². The third kappa shape index (κ3) is 7.11. The second-order valence-corrected chi connectivity index (χ2v) is 5.81. The molecule has 0 saturated carbocycles. The number of aliphatic imine (C=N–C) groups is 1. The van der Waals surface area contributed by atoms with Gasteiger partial charge in [0.05, 0.1) is 14.2 Å². The number of methoxy groups -OCH3 is 2. The smallest absolute Gasteiger partial charge is 0.191 e. The molecular formula is C20H28IN3O2. The Morgan fingerprint density at radius 2 is 1.62 bits per heavy atom. The third-order valence-corrected chi connectivity index (χ3v) is 3.90. The average molecular weight is 469 g/mol. The highest BCUT2D eigenvalue weighted by Gasteiger charge is 2.02. The van der Waals surface area contributed by atoms with Gasteiger partial charge in [-0.1, -0.05) is 18.2 Å². The van der Waals surface area contributed by atoms with Gasteiger partial charge in [0, 0.05) is 20.1 Å². The average Bonchev–Trinajstić information content (AvgIpc) is 2.64. The van der Waals surface area contributed by atoms with Gasteiger partial charge in [-0.3, -0.25) is 4.99 Å². The number of nitrogens with one attached hydrogen (secondary N) is 2. The second kappa shape index (κ2) is 11.6. The summed E-state index contributed by atoms with van der Waals surface area (Å²) in [5.41, 5.74) is 3.60. The van der Waals surface area contributed by atoms with E-state index < -0.39 is 0 Å². The van der Waals surface area contributed by atoms with E-state index in [4.69, 9.17) is 9.47 Å². The normalized spacial score (nSPS) is 10.7. The topological polar surface area (TPSA) is 54.9 Å². The zero-order valence-electron chi connectivity index (χ0n) is 15.8. The molecule has 2 aromatic carbocycles. The first kappa shape index (κ1) is 22.1. The summed E-state index contributed by atoms with van der Waals surface area (Å²) in [6.07, 6.45) is 0.920. The first-order chi connectivity index (χ1) is 12.1. The largest absolute Gasteiger partial charge is 0.497 e. The standard InChI is InChI=1S/C20H27N3O2.HI/c1-15-11-17(13-19(12-15)25-4)14-23-20(21-2)22-10-9-16-5-7-18(24-3)8-6-16;/h5-8,11-13H,9-10,14H2,1-4H3,(H2,21,22,23);1H. The van der Waals surface area contributed by atoms with E-state index in [1.165, 1.54) is 11.1 Å². The number of aryl methyl sites for hydroxylation is 1. The number of halogens is 1. The first-order valence-corrected chi connectivity index (χ1v) is 8.36. The molecule has 0 spiro atoms. The number of nitrogens with zero attached hydrogens (tertiary/aromatic N) is 1. The summed E-state index contributed by atoms with van der Waals surface area (Å²) in [7, 11) is 5.14. The molecule has 142 valence electrons. The summed E-state index contributed by atoms with van der Waals surface area (Å²) >= 11 is 0. The van der Waals surface area contributed by atoms with E-state index in [2.05, 4.69) is 40.7 Å². The molecule has 2 N–H and O–H groups in total. The van der Waals surface area contributed by atoms with Gasteiger partial charge in [0.15, 0.2) is 5.96 Å². The van der Waals surface area contributed by atoms with Crippen LogP contribution in [0.2, 0.25) is 0 Å². The molecule has 0 saturated heterocycles. The predicted molar refractivity (Wildman–Crippen MR) is 118 cm³/mol. The van der Waals surface area contributed by atoms with Crippen molar-refractivity contribution in [1.82, 2.24) is 10.6 Å². The molecular weight excluding hydrogens is 441 g/mol. The first-order valence-electron chi connectivity index (χ1n) is 8.36. The summed E-state index contributed by atoms with van der Waals surface area (Å²) in [5, 5.41) is 6.67. The molecule has 5 nitrogen and oxygen atoms in total. The molecule has 0 radical (unpaired) electrons. The highest BCUT2D eigenvalue weighted by atomic mass is 127. The minimum atomic E-state index is 0. The van der Waals surface area contributed by atoms with Gasteiger partial charge in [0.2, 0.25) is 0 Å². The molecule has 0 bridgehead atoms. The van der Waals surface area contributed by atoms with Gasteiger partial charge in [-0.2, -0.15) is 0 Å². The van der Waals surface area contributed by atoms with Crippen molar-refractivity contribution in [3.63, 3.8) is 0 Å². The zero-order chi connectivity index (χ0) is 18.1. The van der Waals surface area contributed by atoms with Crippen LogP contribution in [0.4, 0.5) is 0 Å². The van der Waals surface area contributed by atoms with Crippen LogP contribution in [0, 0.1) is 6.92 Å². The van der Waals surface area contributed by atoms with E-state index in [9.17, 15) is 0 Å². The molecule has 0 unspecified atom stereocenters. The Morgan fingerprint density at radius 1 is 0.923 bits per heavy atom. The van der Waals surface area contributed by atoms with Crippen molar-refractivity contribution in [2.24, 2.45) is 4.99 Å². The Morgan fingerprint density at radius 3 is 2.23 bits per heavy atom. The molecule has 6 heteroatoms. The van der Waals surface area contributed by atoms with E-state index in [1.807, 2.05) is 24.3 Å². The lowest BCUT2D eigenvalue weighted by Gasteiger charge is -2.13. The summed E-state index contributed by atoms with van der Waals surface area (Å²) in [6, 6.07) is 14.3. The molecule has 0 aromatic heterocycles. The maximum Gasteiger partial charge on any atom is 0.191 e. The Kier molecular flexibility index (Phi) is 9.87. The Hall–Kier alpha value is -1.96. The molecule has 0 amide bonds. The monoisotopic (exact) mass is 469 g/mol. The van der Waals surface area contributed by atoms with Crippen LogP contribution < -0.4 is 20.1 Å². The van der Waals surface area contributed by atoms with E-state index in [0.29, 0.717) is 6.54 Å².